The van der Waals surface area contributed by atoms with Crippen molar-refractivity contribution in [2.24, 2.45) is 16.5 Å². The number of aliphatic hydroxyl groups is 2. The molecule has 2 rings (SSSR count). The van der Waals surface area contributed by atoms with Crippen LogP contribution in [0.25, 0.3) is 0 Å². The third kappa shape index (κ3) is 9.28. The monoisotopic (exact) mass is 541 g/mol. The number of aliphatic imine (C=N–C) groups is 1. The van der Waals surface area contributed by atoms with E-state index >= 15 is 0 Å². The summed E-state index contributed by atoms with van der Waals surface area (Å²) in [5.41, 5.74) is 11.8. The number of nitrogens with zero attached hydrogens (tertiary/aromatic N) is 2. The highest BCUT2D eigenvalue weighted by molar-refractivity contribution is 7.87. The van der Waals surface area contributed by atoms with Gasteiger partial charge in [-0.2, -0.15) is 17.4 Å². The first kappa shape index (κ1) is 29.4. The lowest BCUT2D eigenvalue weighted by Crippen LogP contribution is -2.53. The van der Waals surface area contributed by atoms with Gasteiger partial charge in [0.05, 0.1) is 11.3 Å². The normalized spacial score (nSPS) is 14.5. The smallest absolute Gasteiger partial charge is 0.343 e. The van der Waals surface area contributed by atoms with Gasteiger partial charge in [-0.25, -0.2) is 9.79 Å². The minimum Gasteiger partial charge on any atom is -0.480 e. The van der Waals surface area contributed by atoms with E-state index in [9.17, 15) is 27.9 Å². The SMILES string of the molecule is NC(N)=Nc1ccc(C(=O)OC2=CC=C(CNS(=O)(=O)N(CC(=O)O)[C@@H](CC(O)O)C(=O)O)CC2)cc1. The molecule has 0 saturated carbocycles. The molecule has 1 atom stereocenters. The van der Waals surface area contributed by atoms with Crippen molar-refractivity contribution in [1.29, 1.82) is 0 Å². The first-order valence-electron chi connectivity index (χ1n) is 10.7. The van der Waals surface area contributed by atoms with Crippen LogP contribution in [0.5, 0.6) is 0 Å². The van der Waals surface area contributed by atoms with Gasteiger partial charge in [-0.1, -0.05) is 11.6 Å². The fourth-order valence-corrected chi connectivity index (χ4v) is 4.52. The number of ether oxygens (including phenoxy) is 1. The van der Waals surface area contributed by atoms with E-state index in [2.05, 4.69) is 9.71 Å². The molecule has 15 nitrogen and oxygen atoms in total. The van der Waals surface area contributed by atoms with Gasteiger partial charge in [-0.3, -0.25) is 9.59 Å². The second kappa shape index (κ2) is 12.9. The fraction of sp³-hybridized carbons (Fsp3) is 0.333. The summed E-state index contributed by atoms with van der Waals surface area (Å²) >= 11 is 0. The number of hydrogen-bond acceptors (Lipinski definition) is 9. The third-order valence-electron chi connectivity index (χ3n) is 4.93. The number of nitrogens with one attached hydrogen (secondary N) is 1. The van der Waals surface area contributed by atoms with Crippen molar-refractivity contribution in [2.45, 2.75) is 31.6 Å². The number of aliphatic carboxylic acids is 2. The number of aliphatic hydroxyl groups excluding tert-OH is 1. The van der Waals surface area contributed by atoms with Crippen molar-refractivity contribution in [1.82, 2.24) is 9.03 Å². The maximum Gasteiger partial charge on any atom is 0.343 e. The van der Waals surface area contributed by atoms with Gasteiger partial charge in [0.2, 0.25) is 0 Å². The van der Waals surface area contributed by atoms with E-state index in [4.69, 9.17) is 31.5 Å². The summed E-state index contributed by atoms with van der Waals surface area (Å²) in [6.07, 6.45) is 0.373. The van der Waals surface area contributed by atoms with Gasteiger partial charge in [-0.05, 0) is 36.8 Å². The van der Waals surface area contributed by atoms with Crippen LogP contribution in [0.4, 0.5) is 5.69 Å². The molecule has 16 heteroatoms. The zero-order chi connectivity index (χ0) is 27.8. The Balaban J connectivity index is 2.05. The molecule has 0 amide bonds. The van der Waals surface area contributed by atoms with Gasteiger partial charge in [0.25, 0.3) is 10.2 Å². The third-order valence-corrected chi connectivity index (χ3v) is 6.44. The van der Waals surface area contributed by atoms with Gasteiger partial charge >= 0.3 is 17.9 Å². The second-order valence-electron chi connectivity index (χ2n) is 7.77. The van der Waals surface area contributed by atoms with Crippen LogP contribution in [0.3, 0.4) is 0 Å². The summed E-state index contributed by atoms with van der Waals surface area (Å²) in [6, 6.07) is 3.98. The summed E-state index contributed by atoms with van der Waals surface area (Å²) in [6.45, 7) is -1.51. The van der Waals surface area contributed by atoms with E-state index in [1.165, 1.54) is 36.4 Å². The number of carboxylic acid groups (broad SMARTS) is 2. The summed E-state index contributed by atoms with van der Waals surface area (Å²) in [5.74, 6) is -3.83. The average molecular weight is 542 g/mol. The predicted molar refractivity (Wildman–Crippen MR) is 128 cm³/mol. The predicted octanol–water partition coefficient (Wildman–Crippen LogP) is -1.27. The standard InChI is InChI=1S/C21H27N5O10S/c22-21(23)25-14-5-3-13(4-6-14)20(33)36-15-7-1-12(2-8-15)10-24-37(34,35)26(11-18(29)30)16(19(31)32)9-17(27)28/h1,3-7,16-17,24,27-28H,2,8-11H2,(H,29,30)(H,31,32)(H4,22,23,25)/t16-/m0/s1. The van der Waals surface area contributed by atoms with Crippen molar-refractivity contribution < 1.29 is 48.0 Å². The zero-order valence-electron chi connectivity index (χ0n) is 19.4. The highest BCUT2D eigenvalue weighted by atomic mass is 32.2. The van der Waals surface area contributed by atoms with E-state index in [0.717, 1.165) is 0 Å². The number of rotatable bonds is 13. The first-order valence-corrected chi connectivity index (χ1v) is 12.1. The molecule has 1 aromatic rings. The molecule has 1 aliphatic carbocycles. The maximum atomic E-state index is 12.7. The molecule has 0 aromatic heterocycles. The number of hydrogen-bond donors (Lipinski definition) is 7. The topological polar surface area (TPSA) is 255 Å². The van der Waals surface area contributed by atoms with Crippen molar-refractivity contribution in [3.05, 3.63) is 53.3 Å². The Morgan fingerprint density at radius 1 is 1.08 bits per heavy atom. The van der Waals surface area contributed by atoms with Crippen molar-refractivity contribution in [3.8, 4) is 0 Å². The van der Waals surface area contributed by atoms with Crippen LogP contribution in [-0.4, -0.2) is 82.4 Å². The number of carbonyl (C=O) groups is 3. The van der Waals surface area contributed by atoms with E-state index in [-0.39, 0.29) is 35.2 Å². The summed E-state index contributed by atoms with van der Waals surface area (Å²) in [7, 11) is -4.66. The number of benzene rings is 1. The highest BCUT2D eigenvalue weighted by Gasteiger charge is 2.37. The minimum absolute atomic E-state index is 0.127. The van der Waals surface area contributed by atoms with Gasteiger partial charge in [0.1, 0.15) is 18.3 Å². The number of allylic oxidation sites excluding steroid dienone is 3. The zero-order valence-corrected chi connectivity index (χ0v) is 20.2. The Morgan fingerprint density at radius 3 is 2.22 bits per heavy atom. The quantitative estimate of drug-likeness (QED) is 0.0667. The Hall–Kier alpha value is -3.83. The first-order chi connectivity index (χ1) is 17.3. The molecule has 0 saturated heterocycles. The lowest BCUT2D eigenvalue weighted by atomic mass is 10.0. The molecule has 0 bridgehead atoms. The summed E-state index contributed by atoms with van der Waals surface area (Å²) in [5, 5.41) is 36.5. The average Bonchev–Trinajstić information content (AvgIpc) is 2.80. The molecule has 0 heterocycles. The van der Waals surface area contributed by atoms with Crippen molar-refractivity contribution in [3.63, 3.8) is 0 Å². The molecule has 9 N–H and O–H groups in total. The fourth-order valence-electron chi connectivity index (χ4n) is 3.20. The lowest BCUT2D eigenvalue weighted by Gasteiger charge is -2.27. The number of esters is 1. The van der Waals surface area contributed by atoms with Crippen LogP contribution in [0.1, 0.15) is 29.6 Å². The molecule has 0 fully saturated rings. The lowest BCUT2D eigenvalue weighted by molar-refractivity contribution is -0.147. The van der Waals surface area contributed by atoms with Crippen molar-refractivity contribution >= 4 is 39.8 Å². The molecule has 1 aliphatic rings. The molecule has 37 heavy (non-hydrogen) atoms. The highest BCUT2D eigenvalue weighted by Crippen LogP contribution is 2.22. The van der Waals surface area contributed by atoms with E-state index in [0.29, 0.717) is 17.0 Å². The Kier molecular flexibility index (Phi) is 10.3. The minimum atomic E-state index is -4.66. The van der Waals surface area contributed by atoms with Gasteiger partial charge < -0.3 is 36.6 Å². The van der Waals surface area contributed by atoms with Crippen molar-refractivity contribution in [2.75, 3.05) is 13.1 Å². The Labute approximate surface area is 211 Å². The van der Waals surface area contributed by atoms with E-state index < -0.39 is 53.4 Å². The number of nitrogens with two attached hydrogens (primary N) is 2. The molecule has 202 valence electrons. The van der Waals surface area contributed by atoms with Gasteiger partial charge in [-0.15, -0.1) is 0 Å². The Bertz CT molecular complexity index is 1200. The number of carboxylic acids is 2. The maximum absolute atomic E-state index is 12.7. The van der Waals surface area contributed by atoms with Gasteiger partial charge in [0, 0.05) is 19.4 Å². The largest absolute Gasteiger partial charge is 0.480 e. The molecular weight excluding hydrogens is 514 g/mol. The second-order valence-corrected chi connectivity index (χ2v) is 9.47. The van der Waals surface area contributed by atoms with Crippen LogP contribution < -0.4 is 16.2 Å². The molecule has 0 aliphatic heterocycles. The summed E-state index contributed by atoms with van der Waals surface area (Å²) in [4.78, 5) is 38.8. The van der Waals surface area contributed by atoms with Crippen LogP contribution >= 0.6 is 0 Å². The molecule has 0 radical (unpaired) electrons. The van der Waals surface area contributed by atoms with Crippen LogP contribution in [0, 0.1) is 0 Å². The van der Waals surface area contributed by atoms with Crippen LogP contribution in [0.15, 0.2) is 52.7 Å². The number of guanidine groups is 1. The van der Waals surface area contributed by atoms with Gasteiger partial charge in [0.15, 0.2) is 12.2 Å². The molecule has 0 unspecified atom stereocenters. The van der Waals surface area contributed by atoms with E-state index in [1.807, 2.05) is 0 Å². The Morgan fingerprint density at radius 2 is 1.73 bits per heavy atom. The molecular formula is C21H27N5O10S. The number of carbonyl (C=O) groups excluding carboxylic acids is 1. The molecule has 0 spiro atoms. The van der Waals surface area contributed by atoms with Crippen LogP contribution in [0.2, 0.25) is 0 Å². The van der Waals surface area contributed by atoms with Crippen LogP contribution in [-0.2, 0) is 24.5 Å². The van der Waals surface area contributed by atoms with E-state index in [1.54, 1.807) is 0 Å². The summed E-state index contributed by atoms with van der Waals surface area (Å²) < 4.78 is 32.9. The molecule has 1 aromatic carbocycles.